The summed E-state index contributed by atoms with van der Waals surface area (Å²) < 4.78 is 4.82. The minimum atomic E-state index is -0.816. The monoisotopic (exact) mass is 280 g/mol. The molecule has 1 amide bonds. The third-order valence-electron chi connectivity index (χ3n) is 2.38. The Morgan fingerprint density at radius 2 is 2.32 bits per heavy atom. The number of aromatic nitrogens is 1. The molecule has 0 radical (unpaired) electrons. The molecule has 0 atom stereocenters. The first kappa shape index (κ1) is 13.3. The van der Waals surface area contributed by atoms with Crippen LogP contribution >= 0.6 is 11.3 Å². The van der Waals surface area contributed by atoms with Crippen LogP contribution in [0, 0.1) is 0 Å². The van der Waals surface area contributed by atoms with Crippen molar-refractivity contribution in [3.8, 4) is 0 Å². The Morgan fingerprint density at radius 1 is 1.47 bits per heavy atom. The molecule has 19 heavy (non-hydrogen) atoms. The molecule has 0 bridgehead atoms. The van der Waals surface area contributed by atoms with Gasteiger partial charge in [0.1, 0.15) is 6.26 Å². The van der Waals surface area contributed by atoms with Crippen molar-refractivity contribution in [2.75, 3.05) is 5.32 Å². The van der Waals surface area contributed by atoms with Crippen molar-refractivity contribution in [1.82, 2.24) is 4.98 Å². The van der Waals surface area contributed by atoms with Crippen molar-refractivity contribution in [2.24, 2.45) is 0 Å². The second-order valence-electron chi connectivity index (χ2n) is 3.86. The summed E-state index contributed by atoms with van der Waals surface area (Å²) in [5.41, 5.74) is 1.22. The van der Waals surface area contributed by atoms with Crippen molar-refractivity contribution < 1.29 is 19.1 Å². The molecule has 0 spiro atoms. The summed E-state index contributed by atoms with van der Waals surface area (Å²) in [5, 5.41) is 13.5. The predicted octanol–water partition coefficient (Wildman–Crippen LogP) is 2.40. The zero-order valence-corrected chi connectivity index (χ0v) is 10.8. The van der Waals surface area contributed by atoms with E-state index in [4.69, 9.17) is 9.52 Å². The average molecular weight is 280 g/mol. The van der Waals surface area contributed by atoms with Gasteiger partial charge in [-0.2, -0.15) is 0 Å². The van der Waals surface area contributed by atoms with E-state index in [1.165, 1.54) is 23.9 Å². The highest BCUT2D eigenvalue weighted by molar-refractivity contribution is 7.13. The van der Waals surface area contributed by atoms with Gasteiger partial charge in [-0.15, -0.1) is 11.3 Å². The quantitative estimate of drug-likeness (QED) is 0.847. The summed E-state index contributed by atoms with van der Waals surface area (Å²) >= 11 is 1.31. The highest BCUT2D eigenvalue weighted by Crippen LogP contribution is 2.18. The summed E-state index contributed by atoms with van der Waals surface area (Å²) in [6.07, 6.45) is 4.03. The SMILES string of the molecule is O=C(O)CCCc1csc(NC(=O)c2ccoc2)n1. The van der Waals surface area contributed by atoms with Crippen molar-refractivity contribution in [1.29, 1.82) is 0 Å². The molecular weight excluding hydrogens is 268 g/mol. The van der Waals surface area contributed by atoms with Crippen LogP contribution < -0.4 is 5.32 Å². The van der Waals surface area contributed by atoms with Gasteiger partial charge in [0.05, 0.1) is 17.5 Å². The van der Waals surface area contributed by atoms with E-state index in [0.29, 0.717) is 23.5 Å². The lowest BCUT2D eigenvalue weighted by Crippen LogP contribution is -2.10. The highest BCUT2D eigenvalue weighted by atomic mass is 32.1. The summed E-state index contributed by atoms with van der Waals surface area (Å²) in [6.45, 7) is 0. The molecule has 0 saturated heterocycles. The van der Waals surface area contributed by atoms with Gasteiger partial charge >= 0.3 is 5.97 Å². The van der Waals surface area contributed by atoms with Gasteiger partial charge in [0.2, 0.25) is 0 Å². The van der Waals surface area contributed by atoms with Crippen molar-refractivity contribution in [3.05, 3.63) is 35.2 Å². The van der Waals surface area contributed by atoms with Gasteiger partial charge in [-0.05, 0) is 18.9 Å². The van der Waals surface area contributed by atoms with Crippen LogP contribution in [0.5, 0.6) is 0 Å². The van der Waals surface area contributed by atoms with Crippen molar-refractivity contribution in [2.45, 2.75) is 19.3 Å². The Kier molecular flexibility index (Phi) is 4.30. The van der Waals surface area contributed by atoms with E-state index >= 15 is 0 Å². The number of carboxylic acids is 1. The lowest BCUT2D eigenvalue weighted by molar-refractivity contribution is -0.137. The van der Waals surface area contributed by atoms with Crippen LogP contribution in [-0.4, -0.2) is 22.0 Å². The van der Waals surface area contributed by atoms with Crippen LogP contribution in [0.4, 0.5) is 5.13 Å². The van der Waals surface area contributed by atoms with E-state index in [1.807, 2.05) is 5.38 Å². The molecule has 2 heterocycles. The molecule has 100 valence electrons. The lowest BCUT2D eigenvalue weighted by Gasteiger charge is -1.97. The number of nitrogens with zero attached hydrogens (tertiary/aromatic N) is 1. The molecule has 0 fully saturated rings. The van der Waals surface area contributed by atoms with Gasteiger partial charge in [0.25, 0.3) is 5.91 Å². The van der Waals surface area contributed by atoms with Crippen LogP contribution in [-0.2, 0) is 11.2 Å². The summed E-state index contributed by atoms with van der Waals surface area (Å²) in [4.78, 5) is 26.3. The Labute approximate surface area is 113 Å². The van der Waals surface area contributed by atoms with Crippen LogP contribution in [0.15, 0.2) is 28.4 Å². The minimum absolute atomic E-state index is 0.119. The van der Waals surface area contributed by atoms with Crippen molar-refractivity contribution >= 4 is 28.3 Å². The van der Waals surface area contributed by atoms with Gasteiger partial charge in [-0.25, -0.2) is 4.98 Å². The molecule has 7 heteroatoms. The first-order valence-corrected chi connectivity index (χ1v) is 6.53. The van der Waals surface area contributed by atoms with E-state index in [9.17, 15) is 9.59 Å². The number of carbonyl (C=O) groups is 2. The van der Waals surface area contributed by atoms with E-state index in [0.717, 1.165) is 5.69 Å². The molecule has 2 N–H and O–H groups in total. The number of anilines is 1. The molecule has 0 aromatic carbocycles. The first-order valence-electron chi connectivity index (χ1n) is 5.65. The van der Waals surface area contributed by atoms with Crippen LogP contribution in [0.2, 0.25) is 0 Å². The average Bonchev–Trinajstić information content (AvgIpc) is 2.99. The Morgan fingerprint density at radius 3 is 3.00 bits per heavy atom. The topological polar surface area (TPSA) is 92.4 Å². The second kappa shape index (κ2) is 6.14. The number of amides is 1. The number of thiazole rings is 1. The van der Waals surface area contributed by atoms with E-state index in [-0.39, 0.29) is 12.3 Å². The third kappa shape index (κ3) is 3.92. The standard InChI is InChI=1S/C12H12N2O4S/c15-10(16)3-1-2-9-7-19-12(13-9)14-11(17)8-4-5-18-6-8/h4-7H,1-3H2,(H,15,16)(H,13,14,17). The fourth-order valence-electron chi connectivity index (χ4n) is 1.46. The molecular formula is C12H12N2O4S. The number of carbonyl (C=O) groups excluding carboxylic acids is 1. The summed E-state index contributed by atoms with van der Waals surface area (Å²) in [5.74, 6) is -1.09. The number of aryl methyl sites for hydroxylation is 1. The summed E-state index contributed by atoms with van der Waals surface area (Å²) in [7, 11) is 0. The number of rotatable bonds is 6. The first-order chi connectivity index (χ1) is 9.15. The van der Waals surface area contributed by atoms with Crippen molar-refractivity contribution in [3.63, 3.8) is 0 Å². The van der Waals surface area contributed by atoms with Gasteiger partial charge in [-0.3, -0.25) is 14.9 Å². The molecule has 0 aliphatic heterocycles. The van der Waals surface area contributed by atoms with Gasteiger partial charge in [0.15, 0.2) is 5.13 Å². The van der Waals surface area contributed by atoms with E-state index in [2.05, 4.69) is 10.3 Å². The maximum atomic E-state index is 11.7. The zero-order valence-electron chi connectivity index (χ0n) is 9.96. The number of nitrogens with one attached hydrogen (secondary N) is 1. The highest BCUT2D eigenvalue weighted by Gasteiger charge is 2.10. The number of carboxylic acid groups (broad SMARTS) is 1. The molecule has 2 aromatic heterocycles. The Balaban J connectivity index is 1.87. The third-order valence-corrected chi connectivity index (χ3v) is 3.19. The second-order valence-corrected chi connectivity index (χ2v) is 4.72. The maximum Gasteiger partial charge on any atom is 0.303 e. The Hall–Kier alpha value is -2.15. The smallest absolute Gasteiger partial charge is 0.303 e. The number of hydrogen-bond donors (Lipinski definition) is 2. The number of furan rings is 1. The largest absolute Gasteiger partial charge is 0.481 e. The van der Waals surface area contributed by atoms with E-state index < -0.39 is 5.97 Å². The van der Waals surface area contributed by atoms with Crippen LogP contribution in [0.3, 0.4) is 0 Å². The molecule has 0 saturated carbocycles. The normalized spacial score (nSPS) is 10.3. The maximum absolute atomic E-state index is 11.7. The molecule has 2 rings (SSSR count). The fourth-order valence-corrected chi connectivity index (χ4v) is 2.20. The minimum Gasteiger partial charge on any atom is -0.481 e. The zero-order chi connectivity index (χ0) is 13.7. The molecule has 0 unspecified atom stereocenters. The Bertz CT molecular complexity index is 562. The molecule has 2 aromatic rings. The van der Waals surface area contributed by atoms with Crippen LogP contribution in [0.1, 0.15) is 28.9 Å². The molecule has 6 nitrogen and oxygen atoms in total. The van der Waals surface area contributed by atoms with Crippen LogP contribution in [0.25, 0.3) is 0 Å². The van der Waals surface area contributed by atoms with Gasteiger partial charge in [0, 0.05) is 11.8 Å². The number of aliphatic carboxylic acids is 1. The number of hydrogen-bond acceptors (Lipinski definition) is 5. The molecule has 0 aliphatic carbocycles. The van der Waals surface area contributed by atoms with E-state index in [1.54, 1.807) is 6.07 Å². The molecule has 0 aliphatic rings. The fraction of sp³-hybridized carbons (Fsp3) is 0.250. The predicted molar refractivity (Wildman–Crippen MR) is 69.3 cm³/mol. The van der Waals surface area contributed by atoms with Gasteiger partial charge in [-0.1, -0.05) is 0 Å². The van der Waals surface area contributed by atoms with Gasteiger partial charge < -0.3 is 9.52 Å². The summed E-state index contributed by atoms with van der Waals surface area (Å²) in [6, 6.07) is 1.57. The lowest BCUT2D eigenvalue weighted by atomic mass is 10.2.